The lowest BCUT2D eigenvalue weighted by Crippen LogP contribution is -2.71. The Morgan fingerprint density at radius 2 is 1.91 bits per heavy atom. The Bertz CT molecular complexity index is 1080. The van der Waals surface area contributed by atoms with Crippen molar-refractivity contribution in [1.82, 2.24) is 0 Å². The maximum atomic E-state index is 14.1. The highest BCUT2D eigenvalue weighted by Gasteiger charge is 2.88. The maximum absolute atomic E-state index is 14.1. The number of ether oxygens (including phenoxy) is 2. The molecule has 4 aliphatic rings. The molecule has 0 aromatic carbocycles. The minimum absolute atomic E-state index is 0.0519. The topological polar surface area (TPSA) is 127 Å². The molecule has 0 unspecified atom stereocenters. The van der Waals surface area contributed by atoms with Gasteiger partial charge in [0.1, 0.15) is 17.5 Å². The molecule has 8 atom stereocenters. The van der Waals surface area contributed by atoms with Crippen LogP contribution in [0.1, 0.15) is 65.5 Å². The van der Waals surface area contributed by atoms with E-state index >= 15 is 0 Å². The second-order valence-electron chi connectivity index (χ2n) is 11.7. The van der Waals surface area contributed by atoms with Gasteiger partial charge < -0.3 is 24.1 Å². The molecule has 2 aliphatic carbocycles. The molecule has 2 N–H and O–H groups in total. The van der Waals surface area contributed by atoms with E-state index in [1.807, 2.05) is 20.8 Å². The molecule has 8 heteroatoms. The Hall–Kier alpha value is -2.45. The van der Waals surface area contributed by atoms with Gasteiger partial charge in [-0.3, -0.25) is 4.79 Å². The first-order valence-corrected chi connectivity index (χ1v) is 11.8. The van der Waals surface area contributed by atoms with Gasteiger partial charge in [0.05, 0.1) is 23.5 Å². The second-order valence-corrected chi connectivity index (χ2v) is 11.7. The third-order valence-corrected chi connectivity index (χ3v) is 9.67. The number of carbonyl (C=O) groups excluding carboxylic acids is 2. The fraction of sp³-hybridized carbons (Fsp3) is 0.654. The van der Waals surface area contributed by atoms with Gasteiger partial charge in [-0.05, 0) is 51.0 Å². The number of esters is 1. The van der Waals surface area contributed by atoms with Crippen LogP contribution in [0.25, 0.3) is 0 Å². The van der Waals surface area contributed by atoms with E-state index in [1.54, 1.807) is 32.3 Å². The number of fused-ring (bicyclic) bond motifs is 1. The van der Waals surface area contributed by atoms with Crippen molar-refractivity contribution in [3.05, 3.63) is 36.3 Å². The molecule has 1 aromatic heterocycles. The third-order valence-electron chi connectivity index (χ3n) is 9.67. The Kier molecular flexibility index (Phi) is 4.67. The first-order valence-electron chi connectivity index (χ1n) is 11.8. The number of allylic oxidation sites excluding steroid dienone is 1. The molecule has 2 saturated heterocycles. The van der Waals surface area contributed by atoms with E-state index in [4.69, 9.17) is 13.9 Å². The molecule has 8 nitrogen and oxygen atoms in total. The number of Topliss-reactive ketones (excluding diaryl/α,β-unsaturated/α-hetero) is 1. The number of furan rings is 1. The van der Waals surface area contributed by atoms with Gasteiger partial charge in [-0.25, -0.2) is 9.59 Å². The van der Waals surface area contributed by atoms with Gasteiger partial charge in [0.2, 0.25) is 0 Å². The summed E-state index contributed by atoms with van der Waals surface area (Å²) in [7, 11) is 0. The summed E-state index contributed by atoms with van der Waals surface area (Å²) in [6, 6.07) is 1.76. The smallest absolute Gasteiger partial charge is 0.339 e. The highest BCUT2D eigenvalue weighted by atomic mass is 16.7. The van der Waals surface area contributed by atoms with Crippen molar-refractivity contribution in [3.8, 4) is 0 Å². The van der Waals surface area contributed by atoms with Crippen molar-refractivity contribution in [2.75, 3.05) is 0 Å². The largest absolute Gasteiger partial charge is 0.478 e. The zero-order valence-electron chi connectivity index (χ0n) is 20.2. The van der Waals surface area contributed by atoms with Crippen molar-refractivity contribution < 1.29 is 38.5 Å². The molecule has 0 amide bonds. The van der Waals surface area contributed by atoms with Crippen molar-refractivity contribution in [2.24, 2.45) is 28.1 Å². The number of carboxylic acid groups (broad SMARTS) is 1. The fourth-order valence-corrected chi connectivity index (χ4v) is 8.15. The van der Waals surface area contributed by atoms with Crippen LogP contribution in [0.15, 0.2) is 35.2 Å². The zero-order valence-corrected chi connectivity index (χ0v) is 20.2. The average molecular weight is 473 g/mol. The molecule has 184 valence electrons. The highest BCUT2D eigenvalue weighted by Crippen LogP contribution is 2.78. The minimum atomic E-state index is -1.22. The molecule has 5 rings (SSSR count). The van der Waals surface area contributed by atoms with E-state index in [9.17, 15) is 24.6 Å². The van der Waals surface area contributed by atoms with Crippen LogP contribution >= 0.6 is 0 Å². The van der Waals surface area contributed by atoms with E-state index in [-0.39, 0.29) is 18.1 Å². The van der Waals surface area contributed by atoms with Crippen molar-refractivity contribution in [1.29, 1.82) is 0 Å². The van der Waals surface area contributed by atoms with Crippen LogP contribution in [0.5, 0.6) is 0 Å². The number of aliphatic hydroxyl groups is 1. The van der Waals surface area contributed by atoms with Gasteiger partial charge >= 0.3 is 11.9 Å². The van der Waals surface area contributed by atoms with Crippen LogP contribution in [0.3, 0.4) is 0 Å². The Labute approximate surface area is 198 Å². The van der Waals surface area contributed by atoms with Crippen LogP contribution in [0.4, 0.5) is 0 Å². The molecule has 3 heterocycles. The summed E-state index contributed by atoms with van der Waals surface area (Å²) in [5.74, 6) is -2.50. The normalized spacial score (nSPS) is 45.8. The lowest BCUT2D eigenvalue weighted by atomic mass is 9.37. The summed E-state index contributed by atoms with van der Waals surface area (Å²) >= 11 is 0. The minimum Gasteiger partial charge on any atom is -0.478 e. The third kappa shape index (κ3) is 2.64. The molecule has 1 spiro atoms. The number of aliphatic carboxylic acids is 1. The molecule has 34 heavy (non-hydrogen) atoms. The van der Waals surface area contributed by atoms with Gasteiger partial charge in [0.15, 0.2) is 6.10 Å². The van der Waals surface area contributed by atoms with Crippen molar-refractivity contribution in [2.45, 2.75) is 77.3 Å². The number of rotatable bonds is 4. The number of hydrogen-bond donors (Lipinski definition) is 2. The molecule has 1 aromatic rings. The van der Waals surface area contributed by atoms with E-state index in [0.29, 0.717) is 12.8 Å². The SMILES string of the molecule is CC(C)(O)[C@@H]1CC(=O)[C@]2(C)[C@H](CC[C@@]3(C)[C@H](c4ccoc4)OC(=O)[C@H]4O[C@]432)[C@@]1(C)/C=C\C(=O)O. The molecule has 4 fully saturated rings. The van der Waals surface area contributed by atoms with E-state index in [1.165, 1.54) is 6.26 Å². The van der Waals surface area contributed by atoms with Gasteiger partial charge in [-0.15, -0.1) is 0 Å². The molecule has 2 saturated carbocycles. The van der Waals surface area contributed by atoms with Gasteiger partial charge in [-0.2, -0.15) is 0 Å². The first kappa shape index (κ1) is 23.3. The Balaban J connectivity index is 1.69. The summed E-state index contributed by atoms with van der Waals surface area (Å²) in [6.07, 6.45) is 5.56. The maximum Gasteiger partial charge on any atom is 0.339 e. The second kappa shape index (κ2) is 6.82. The van der Waals surface area contributed by atoms with E-state index in [2.05, 4.69) is 0 Å². The summed E-state index contributed by atoms with van der Waals surface area (Å²) in [5, 5.41) is 20.5. The molecule has 0 radical (unpaired) electrons. The number of ketones is 1. The lowest BCUT2D eigenvalue weighted by Gasteiger charge is -2.65. The molecular formula is C26H32O8. The number of cyclic esters (lactones) is 1. The Morgan fingerprint density at radius 1 is 1.21 bits per heavy atom. The van der Waals surface area contributed by atoms with Crippen LogP contribution < -0.4 is 0 Å². The van der Waals surface area contributed by atoms with E-state index < -0.39 is 57.5 Å². The van der Waals surface area contributed by atoms with Gasteiger partial charge in [-0.1, -0.05) is 19.9 Å². The summed E-state index contributed by atoms with van der Waals surface area (Å²) in [6.45, 7) is 9.13. The monoisotopic (exact) mass is 472 g/mol. The summed E-state index contributed by atoms with van der Waals surface area (Å²) < 4.78 is 17.4. The van der Waals surface area contributed by atoms with Crippen LogP contribution in [-0.2, 0) is 23.9 Å². The molecule has 0 bridgehead atoms. The number of carbonyl (C=O) groups is 3. The number of carboxylic acids is 1. The summed E-state index contributed by atoms with van der Waals surface area (Å²) in [5.41, 5.74) is -4.17. The van der Waals surface area contributed by atoms with E-state index in [0.717, 1.165) is 11.6 Å². The van der Waals surface area contributed by atoms with Crippen LogP contribution in [0, 0.1) is 28.1 Å². The highest BCUT2D eigenvalue weighted by molar-refractivity contribution is 5.93. The van der Waals surface area contributed by atoms with Crippen LogP contribution in [-0.4, -0.2) is 45.2 Å². The Morgan fingerprint density at radius 3 is 2.50 bits per heavy atom. The molecule has 2 aliphatic heterocycles. The first-order chi connectivity index (χ1) is 15.7. The average Bonchev–Trinajstić information content (AvgIpc) is 3.31. The quantitative estimate of drug-likeness (QED) is 0.388. The molecular weight excluding hydrogens is 440 g/mol. The fourth-order valence-electron chi connectivity index (χ4n) is 8.15. The predicted molar refractivity (Wildman–Crippen MR) is 118 cm³/mol. The van der Waals surface area contributed by atoms with Gasteiger partial charge in [0, 0.05) is 29.4 Å². The standard InChI is InChI=1S/C26H32O8/c1-22(2,31)16-12-17(27)25(5)15(23(16,3)9-7-18(28)29)6-10-24(4)19(14-8-11-32-13-14)33-21(30)20-26(24,25)34-20/h7-9,11,13,15-16,19-20,31H,6,10,12H2,1-5H3,(H,28,29)/b9-7-/t15-,16+,19+,20-,23-,24+,25+,26-/m1/s1. The van der Waals surface area contributed by atoms with Gasteiger partial charge in [0.25, 0.3) is 0 Å². The predicted octanol–water partition coefficient (Wildman–Crippen LogP) is 3.44. The zero-order chi connectivity index (χ0) is 24.9. The lowest BCUT2D eigenvalue weighted by molar-refractivity contribution is -0.213. The van der Waals surface area contributed by atoms with Crippen molar-refractivity contribution in [3.63, 3.8) is 0 Å². The number of epoxide rings is 1. The van der Waals surface area contributed by atoms with Crippen molar-refractivity contribution >= 4 is 17.7 Å². The summed E-state index contributed by atoms with van der Waals surface area (Å²) in [4.78, 5) is 38.6. The van der Waals surface area contributed by atoms with Crippen LogP contribution in [0.2, 0.25) is 0 Å². The number of hydrogen-bond acceptors (Lipinski definition) is 7.